The molecule has 3 rings (SSSR count). The van der Waals surface area contributed by atoms with Gasteiger partial charge in [-0.05, 0) is 76.0 Å². The summed E-state index contributed by atoms with van der Waals surface area (Å²) < 4.78 is 0. The van der Waals surface area contributed by atoms with Crippen molar-refractivity contribution >= 4 is 11.3 Å². The molecule has 0 amide bonds. The van der Waals surface area contributed by atoms with Crippen LogP contribution in [0.15, 0.2) is 12.1 Å². The van der Waals surface area contributed by atoms with E-state index in [9.17, 15) is 0 Å². The highest BCUT2D eigenvalue weighted by molar-refractivity contribution is 7.11. The summed E-state index contributed by atoms with van der Waals surface area (Å²) in [6.07, 6.45) is 7.26. The Morgan fingerprint density at radius 1 is 1.33 bits per heavy atom. The first kappa shape index (κ1) is 12.7. The zero-order valence-corrected chi connectivity index (χ0v) is 12.4. The number of aryl methyl sites for hydroxylation is 1. The lowest BCUT2D eigenvalue weighted by Crippen LogP contribution is -2.34. The molecule has 0 radical (unpaired) electrons. The van der Waals surface area contributed by atoms with Crippen molar-refractivity contribution in [2.75, 3.05) is 6.54 Å². The molecule has 1 N–H and O–H groups in total. The van der Waals surface area contributed by atoms with E-state index in [0.717, 1.165) is 17.8 Å². The molecule has 1 aromatic rings. The van der Waals surface area contributed by atoms with Gasteiger partial charge in [0.05, 0.1) is 0 Å². The van der Waals surface area contributed by atoms with Gasteiger partial charge in [0.25, 0.3) is 0 Å². The van der Waals surface area contributed by atoms with Crippen molar-refractivity contribution in [3.8, 4) is 0 Å². The van der Waals surface area contributed by atoms with Crippen molar-refractivity contribution < 1.29 is 0 Å². The van der Waals surface area contributed by atoms with Gasteiger partial charge >= 0.3 is 0 Å². The van der Waals surface area contributed by atoms with Crippen LogP contribution in [-0.4, -0.2) is 12.6 Å². The molecule has 2 heteroatoms. The summed E-state index contributed by atoms with van der Waals surface area (Å²) in [5.41, 5.74) is 0. The van der Waals surface area contributed by atoms with Crippen LogP contribution in [-0.2, 0) is 6.42 Å². The van der Waals surface area contributed by atoms with Crippen LogP contribution in [0.2, 0.25) is 0 Å². The number of nitrogens with one attached hydrogen (secondary N) is 1. The van der Waals surface area contributed by atoms with Crippen molar-refractivity contribution in [2.45, 2.75) is 52.0 Å². The van der Waals surface area contributed by atoms with Crippen molar-refractivity contribution in [2.24, 2.45) is 17.8 Å². The molecule has 0 spiro atoms. The van der Waals surface area contributed by atoms with Gasteiger partial charge in [0, 0.05) is 15.8 Å². The van der Waals surface area contributed by atoms with Crippen LogP contribution < -0.4 is 5.32 Å². The molecule has 1 aromatic heterocycles. The van der Waals surface area contributed by atoms with Gasteiger partial charge in [-0.25, -0.2) is 0 Å². The third-order valence-electron chi connectivity index (χ3n) is 4.92. The molecule has 4 unspecified atom stereocenters. The normalized spacial score (nSPS) is 32.0. The Morgan fingerprint density at radius 3 is 2.83 bits per heavy atom. The third kappa shape index (κ3) is 2.80. The minimum Gasteiger partial charge on any atom is -0.314 e. The molecule has 0 saturated heterocycles. The van der Waals surface area contributed by atoms with Gasteiger partial charge in [-0.2, -0.15) is 0 Å². The average molecular weight is 263 g/mol. The predicted octanol–water partition coefficient (Wildman–Crippen LogP) is 4.01. The van der Waals surface area contributed by atoms with Crippen molar-refractivity contribution in [3.05, 3.63) is 21.9 Å². The van der Waals surface area contributed by atoms with Gasteiger partial charge in [-0.15, -0.1) is 11.3 Å². The first-order valence-corrected chi connectivity index (χ1v) is 8.31. The van der Waals surface area contributed by atoms with Gasteiger partial charge in [0.1, 0.15) is 0 Å². The highest BCUT2D eigenvalue weighted by Crippen LogP contribution is 2.47. The maximum Gasteiger partial charge on any atom is 0.00871 e. The van der Waals surface area contributed by atoms with Crippen LogP contribution in [0, 0.1) is 24.7 Å². The summed E-state index contributed by atoms with van der Waals surface area (Å²) in [6.45, 7) is 5.79. The van der Waals surface area contributed by atoms with E-state index in [4.69, 9.17) is 0 Å². The number of thiophene rings is 1. The highest BCUT2D eigenvalue weighted by atomic mass is 32.1. The molecule has 1 nitrogen and oxygen atoms in total. The maximum atomic E-state index is 3.77. The zero-order chi connectivity index (χ0) is 12.5. The van der Waals surface area contributed by atoms with Crippen LogP contribution in [0.5, 0.6) is 0 Å². The molecule has 2 bridgehead atoms. The molecular weight excluding hydrogens is 238 g/mol. The van der Waals surface area contributed by atoms with Crippen LogP contribution >= 0.6 is 11.3 Å². The van der Waals surface area contributed by atoms with Crippen molar-refractivity contribution in [1.82, 2.24) is 5.32 Å². The fraction of sp³-hybridized carbons (Fsp3) is 0.750. The van der Waals surface area contributed by atoms with E-state index in [0.29, 0.717) is 6.04 Å². The molecule has 4 atom stereocenters. The second-order valence-electron chi connectivity index (χ2n) is 6.46. The Kier molecular flexibility index (Phi) is 3.76. The van der Waals surface area contributed by atoms with Gasteiger partial charge in [-0.3, -0.25) is 0 Å². The minimum absolute atomic E-state index is 0.627. The lowest BCUT2D eigenvalue weighted by atomic mass is 9.88. The Balaban J connectivity index is 1.43. The second-order valence-corrected chi connectivity index (χ2v) is 7.83. The predicted molar refractivity (Wildman–Crippen MR) is 79.2 cm³/mol. The van der Waals surface area contributed by atoms with E-state index in [1.54, 1.807) is 0 Å². The third-order valence-corrected chi connectivity index (χ3v) is 5.94. The first-order valence-electron chi connectivity index (χ1n) is 7.49. The van der Waals surface area contributed by atoms with E-state index < -0.39 is 0 Å². The Morgan fingerprint density at radius 2 is 2.22 bits per heavy atom. The number of hydrogen-bond donors (Lipinski definition) is 1. The van der Waals surface area contributed by atoms with Gasteiger partial charge in [0.2, 0.25) is 0 Å². The second kappa shape index (κ2) is 5.34. The molecule has 18 heavy (non-hydrogen) atoms. The monoisotopic (exact) mass is 263 g/mol. The molecule has 2 aliphatic rings. The maximum absolute atomic E-state index is 3.77. The summed E-state index contributed by atoms with van der Waals surface area (Å²) in [6, 6.07) is 5.15. The van der Waals surface area contributed by atoms with Gasteiger partial charge < -0.3 is 5.32 Å². The number of rotatable bonds is 5. The van der Waals surface area contributed by atoms with E-state index in [1.165, 1.54) is 48.4 Å². The molecule has 1 heterocycles. The average Bonchev–Trinajstić information content (AvgIpc) is 3.03. The molecule has 2 saturated carbocycles. The number of fused-ring (bicyclic) bond motifs is 2. The Labute approximate surface area is 115 Å². The first-order chi connectivity index (χ1) is 8.70. The lowest BCUT2D eigenvalue weighted by molar-refractivity contribution is 0.308. The minimum atomic E-state index is 0.627. The van der Waals surface area contributed by atoms with Crippen molar-refractivity contribution in [3.63, 3.8) is 0 Å². The highest BCUT2D eigenvalue weighted by Gasteiger charge is 2.39. The van der Waals surface area contributed by atoms with E-state index in [-0.39, 0.29) is 0 Å². The summed E-state index contributed by atoms with van der Waals surface area (Å²) in [7, 11) is 0. The summed E-state index contributed by atoms with van der Waals surface area (Å²) in [5.74, 6) is 3.12. The lowest BCUT2D eigenvalue weighted by Gasteiger charge is -2.24. The quantitative estimate of drug-likeness (QED) is 0.846. The van der Waals surface area contributed by atoms with Crippen LogP contribution in [0.3, 0.4) is 0 Å². The van der Waals surface area contributed by atoms with Gasteiger partial charge in [-0.1, -0.05) is 6.42 Å². The largest absolute Gasteiger partial charge is 0.314 e. The standard InChI is InChI=1S/C16H25NS/c1-11(7-16-6-3-12(2)18-16)17-10-15-9-13-4-5-14(15)8-13/h3,6,11,13-15,17H,4-5,7-10H2,1-2H3. The molecule has 2 aliphatic carbocycles. The van der Waals surface area contributed by atoms with E-state index in [1.807, 2.05) is 11.3 Å². The van der Waals surface area contributed by atoms with Crippen molar-refractivity contribution in [1.29, 1.82) is 0 Å². The van der Waals surface area contributed by atoms with E-state index in [2.05, 4.69) is 31.3 Å². The van der Waals surface area contributed by atoms with Gasteiger partial charge in [0.15, 0.2) is 0 Å². The zero-order valence-electron chi connectivity index (χ0n) is 11.6. The fourth-order valence-corrected chi connectivity index (χ4v) is 4.97. The van der Waals surface area contributed by atoms with E-state index >= 15 is 0 Å². The summed E-state index contributed by atoms with van der Waals surface area (Å²) in [5, 5.41) is 3.77. The molecular formula is C16H25NS. The summed E-state index contributed by atoms with van der Waals surface area (Å²) >= 11 is 1.95. The SMILES string of the molecule is Cc1ccc(CC(C)NCC2CC3CCC2C3)s1. The molecule has 0 aromatic carbocycles. The molecule has 2 fully saturated rings. The molecule has 100 valence electrons. The van der Waals surface area contributed by atoms with Crippen LogP contribution in [0.4, 0.5) is 0 Å². The Hall–Kier alpha value is -0.340. The molecule has 0 aliphatic heterocycles. The summed E-state index contributed by atoms with van der Waals surface area (Å²) in [4.78, 5) is 2.96. The smallest absolute Gasteiger partial charge is 0.00871 e. The van der Waals surface area contributed by atoms with Crippen LogP contribution in [0.1, 0.15) is 42.4 Å². The topological polar surface area (TPSA) is 12.0 Å². The fourth-order valence-electron chi connectivity index (χ4n) is 3.95. The Bertz CT molecular complexity index is 398. The van der Waals surface area contributed by atoms with Crippen LogP contribution in [0.25, 0.3) is 0 Å². The number of hydrogen-bond acceptors (Lipinski definition) is 2.